The van der Waals surface area contributed by atoms with Crippen LogP contribution in [-0.2, 0) is 11.3 Å². The summed E-state index contributed by atoms with van der Waals surface area (Å²) in [6.07, 6.45) is 8.98. The number of nitrogens with zero attached hydrogens (tertiary/aromatic N) is 3. The predicted molar refractivity (Wildman–Crippen MR) is 82.9 cm³/mol. The molecule has 1 amide bonds. The van der Waals surface area contributed by atoms with Gasteiger partial charge in [-0.3, -0.25) is 19.7 Å². The number of fused-ring (bicyclic) bond motifs is 1. The third-order valence-corrected chi connectivity index (χ3v) is 5.64. The first-order valence-electron chi connectivity index (χ1n) is 8.51. The van der Waals surface area contributed by atoms with E-state index < -0.39 is 0 Å². The van der Waals surface area contributed by atoms with Gasteiger partial charge in [0, 0.05) is 31.2 Å². The average molecular weight is 300 g/mol. The van der Waals surface area contributed by atoms with E-state index in [1.54, 1.807) is 12.4 Å². The van der Waals surface area contributed by atoms with Crippen molar-refractivity contribution >= 4 is 5.91 Å². The zero-order valence-electron chi connectivity index (χ0n) is 13.2. The number of nitrogens with one attached hydrogen (secondary N) is 1. The van der Waals surface area contributed by atoms with Crippen molar-refractivity contribution in [3.05, 3.63) is 23.8 Å². The van der Waals surface area contributed by atoms with E-state index in [0.29, 0.717) is 18.4 Å². The summed E-state index contributed by atoms with van der Waals surface area (Å²) in [5.41, 5.74) is 1.73. The number of aryl methyl sites for hydroxylation is 1. The van der Waals surface area contributed by atoms with Gasteiger partial charge >= 0.3 is 0 Å². The standard InChI is InChI=1S/C17H24N4O/c1-11-6-19-12(7-18-11)8-20-17(22)16-14-9-21(10-15(14)16)13-4-2-3-5-13/h6-7,13-16H,2-5,8-10H2,1H3,(H,20,22)/t14-,15+,16?. The van der Waals surface area contributed by atoms with Gasteiger partial charge in [-0.25, -0.2) is 0 Å². The smallest absolute Gasteiger partial charge is 0.224 e. The highest BCUT2D eigenvalue weighted by Gasteiger charge is 2.59. The molecule has 118 valence electrons. The Labute approximate surface area is 131 Å². The Morgan fingerprint density at radius 1 is 1.23 bits per heavy atom. The van der Waals surface area contributed by atoms with Crippen molar-refractivity contribution in [1.82, 2.24) is 20.2 Å². The highest BCUT2D eigenvalue weighted by Crippen LogP contribution is 2.53. The van der Waals surface area contributed by atoms with Crippen LogP contribution in [0.2, 0.25) is 0 Å². The van der Waals surface area contributed by atoms with E-state index in [9.17, 15) is 4.79 Å². The summed E-state index contributed by atoms with van der Waals surface area (Å²) in [6.45, 7) is 4.68. The monoisotopic (exact) mass is 300 g/mol. The number of piperidine rings is 1. The first kappa shape index (κ1) is 14.1. The van der Waals surface area contributed by atoms with Gasteiger partial charge < -0.3 is 5.32 Å². The molecule has 1 saturated heterocycles. The van der Waals surface area contributed by atoms with Crippen LogP contribution in [0.4, 0.5) is 0 Å². The topological polar surface area (TPSA) is 58.1 Å². The molecule has 1 unspecified atom stereocenters. The molecule has 22 heavy (non-hydrogen) atoms. The van der Waals surface area contributed by atoms with Crippen molar-refractivity contribution < 1.29 is 4.79 Å². The van der Waals surface area contributed by atoms with Gasteiger partial charge in [0.05, 0.1) is 24.1 Å². The molecule has 2 aliphatic carbocycles. The lowest BCUT2D eigenvalue weighted by Crippen LogP contribution is -2.36. The maximum atomic E-state index is 12.3. The molecule has 3 atom stereocenters. The average Bonchev–Trinajstić information content (AvgIpc) is 2.94. The molecule has 3 aliphatic rings. The Kier molecular flexibility index (Phi) is 3.60. The normalized spacial score (nSPS) is 31.2. The Morgan fingerprint density at radius 2 is 1.95 bits per heavy atom. The van der Waals surface area contributed by atoms with Crippen molar-refractivity contribution in [3.8, 4) is 0 Å². The summed E-state index contributed by atoms with van der Waals surface area (Å²) in [4.78, 5) is 23.4. The predicted octanol–water partition coefficient (Wildman–Crippen LogP) is 1.52. The molecule has 1 aromatic rings. The van der Waals surface area contributed by atoms with E-state index in [4.69, 9.17) is 0 Å². The SMILES string of the molecule is Cc1cnc(CNC(=O)C2[C@H]3CN(C4CCCC4)C[C@@H]23)cn1. The van der Waals surface area contributed by atoms with Gasteiger partial charge in [-0.05, 0) is 31.6 Å². The summed E-state index contributed by atoms with van der Waals surface area (Å²) in [6, 6.07) is 0.805. The molecule has 5 heteroatoms. The number of rotatable bonds is 4. The lowest BCUT2D eigenvalue weighted by atomic mass is 10.1. The number of amides is 1. The van der Waals surface area contributed by atoms with Crippen LogP contribution in [0.1, 0.15) is 37.1 Å². The third-order valence-electron chi connectivity index (χ3n) is 5.64. The van der Waals surface area contributed by atoms with Gasteiger partial charge in [0.2, 0.25) is 5.91 Å². The third kappa shape index (κ3) is 2.62. The number of carbonyl (C=O) groups is 1. The van der Waals surface area contributed by atoms with E-state index in [2.05, 4.69) is 20.2 Å². The van der Waals surface area contributed by atoms with E-state index in [1.807, 2.05) is 6.92 Å². The second-order valence-corrected chi connectivity index (χ2v) is 7.11. The zero-order valence-corrected chi connectivity index (χ0v) is 13.2. The lowest BCUT2D eigenvalue weighted by Gasteiger charge is -2.26. The Bertz CT molecular complexity index is 540. The molecule has 3 fully saturated rings. The molecular formula is C17H24N4O. The maximum absolute atomic E-state index is 12.3. The van der Waals surface area contributed by atoms with Crippen molar-refractivity contribution in [2.75, 3.05) is 13.1 Å². The quantitative estimate of drug-likeness (QED) is 0.916. The van der Waals surface area contributed by atoms with Crippen molar-refractivity contribution in [3.63, 3.8) is 0 Å². The molecule has 4 rings (SSSR count). The molecule has 0 aromatic carbocycles. The van der Waals surface area contributed by atoms with Crippen LogP contribution in [0.25, 0.3) is 0 Å². The van der Waals surface area contributed by atoms with E-state index in [-0.39, 0.29) is 11.8 Å². The fraction of sp³-hybridized carbons (Fsp3) is 0.706. The first-order chi connectivity index (χ1) is 10.7. The number of hydrogen-bond acceptors (Lipinski definition) is 4. The van der Waals surface area contributed by atoms with Gasteiger partial charge in [-0.1, -0.05) is 12.8 Å². The molecule has 1 aromatic heterocycles. The minimum absolute atomic E-state index is 0.212. The first-order valence-corrected chi connectivity index (χ1v) is 8.51. The van der Waals surface area contributed by atoms with Crippen LogP contribution >= 0.6 is 0 Å². The van der Waals surface area contributed by atoms with Crippen molar-refractivity contribution in [2.45, 2.75) is 45.2 Å². The van der Waals surface area contributed by atoms with Crippen LogP contribution < -0.4 is 5.32 Å². The van der Waals surface area contributed by atoms with E-state index in [0.717, 1.165) is 30.5 Å². The summed E-state index contributed by atoms with van der Waals surface area (Å²) in [7, 11) is 0. The van der Waals surface area contributed by atoms with Crippen LogP contribution in [0.5, 0.6) is 0 Å². The number of hydrogen-bond donors (Lipinski definition) is 1. The summed E-state index contributed by atoms with van der Waals surface area (Å²) in [5, 5.41) is 3.03. The van der Waals surface area contributed by atoms with Crippen molar-refractivity contribution in [1.29, 1.82) is 0 Å². The molecular weight excluding hydrogens is 276 g/mol. The van der Waals surface area contributed by atoms with Crippen molar-refractivity contribution in [2.24, 2.45) is 17.8 Å². The molecule has 0 bridgehead atoms. The molecule has 1 N–H and O–H groups in total. The minimum Gasteiger partial charge on any atom is -0.350 e. The highest BCUT2D eigenvalue weighted by molar-refractivity contribution is 5.82. The maximum Gasteiger partial charge on any atom is 0.224 e. The Hall–Kier alpha value is -1.49. The second kappa shape index (κ2) is 5.61. The van der Waals surface area contributed by atoms with E-state index >= 15 is 0 Å². The van der Waals surface area contributed by atoms with Crippen LogP contribution in [0.3, 0.4) is 0 Å². The highest BCUT2D eigenvalue weighted by atomic mass is 16.2. The second-order valence-electron chi connectivity index (χ2n) is 7.11. The fourth-order valence-electron chi connectivity index (χ4n) is 4.32. The molecule has 2 saturated carbocycles. The molecule has 0 radical (unpaired) electrons. The van der Waals surface area contributed by atoms with E-state index in [1.165, 1.54) is 25.7 Å². The van der Waals surface area contributed by atoms with Crippen LogP contribution in [0.15, 0.2) is 12.4 Å². The number of aromatic nitrogens is 2. The lowest BCUT2D eigenvalue weighted by molar-refractivity contribution is -0.123. The molecule has 2 heterocycles. The zero-order chi connectivity index (χ0) is 15.1. The molecule has 0 spiro atoms. The minimum atomic E-state index is 0.212. The van der Waals surface area contributed by atoms with Gasteiger partial charge in [-0.2, -0.15) is 0 Å². The number of carbonyl (C=O) groups excluding carboxylic acids is 1. The largest absolute Gasteiger partial charge is 0.350 e. The van der Waals surface area contributed by atoms with Gasteiger partial charge in [0.25, 0.3) is 0 Å². The summed E-state index contributed by atoms with van der Waals surface area (Å²) in [5.74, 6) is 1.66. The Morgan fingerprint density at radius 3 is 2.59 bits per heavy atom. The van der Waals surface area contributed by atoms with Gasteiger partial charge in [-0.15, -0.1) is 0 Å². The Balaban J connectivity index is 1.25. The number of likely N-dealkylation sites (tertiary alicyclic amines) is 1. The summed E-state index contributed by atoms with van der Waals surface area (Å²) < 4.78 is 0. The van der Waals surface area contributed by atoms with Gasteiger partial charge in [0.15, 0.2) is 0 Å². The van der Waals surface area contributed by atoms with Gasteiger partial charge in [0.1, 0.15) is 0 Å². The molecule has 5 nitrogen and oxygen atoms in total. The molecule has 1 aliphatic heterocycles. The fourth-order valence-corrected chi connectivity index (χ4v) is 4.32. The summed E-state index contributed by atoms with van der Waals surface area (Å²) >= 11 is 0. The van der Waals surface area contributed by atoms with Crippen LogP contribution in [-0.4, -0.2) is 39.9 Å². The van der Waals surface area contributed by atoms with Crippen LogP contribution in [0, 0.1) is 24.7 Å².